The fraction of sp³-hybridized carbons (Fsp3) is 0.929. The lowest BCUT2D eigenvalue weighted by Gasteiger charge is -2.38. The molecule has 0 aromatic rings. The highest BCUT2D eigenvalue weighted by molar-refractivity contribution is 6.87. The third-order valence-electron chi connectivity index (χ3n) is 2.69. The summed E-state index contributed by atoms with van der Waals surface area (Å²) in [6.07, 6.45) is 4.60. The Bertz CT molecular complexity index is 243. The van der Waals surface area contributed by atoms with Crippen molar-refractivity contribution in [2.75, 3.05) is 6.61 Å². The third kappa shape index (κ3) is 12.3. The molecular weight excluding hydrogens is 300 g/mol. The fourth-order valence-corrected chi connectivity index (χ4v) is 15.0. The smallest absolute Gasteiger partial charge is 0.314 e. The molecule has 20 heavy (non-hydrogen) atoms. The second-order valence-corrected chi connectivity index (χ2v) is 20.4. The second kappa shape index (κ2) is 8.85. The summed E-state index contributed by atoms with van der Waals surface area (Å²) in [6.45, 7) is 16.4. The van der Waals surface area contributed by atoms with E-state index in [2.05, 4.69) is 50.6 Å². The fourth-order valence-electron chi connectivity index (χ4n) is 2.40. The van der Waals surface area contributed by atoms with Crippen LogP contribution in [0.15, 0.2) is 0 Å². The molecule has 0 aliphatic heterocycles. The highest BCUT2D eigenvalue weighted by Gasteiger charge is 2.39. The van der Waals surface area contributed by atoms with E-state index in [0.717, 1.165) is 12.5 Å². The summed E-state index contributed by atoms with van der Waals surface area (Å²) in [7, 11) is -0.0962. The van der Waals surface area contributed by atoms with Crippen molar-refractivity contribution in [3.05, 3.63) is 7.11 Å². The Kier molecular flexibility index (Phi) is 9.08. The van der Waals surface area contributed by atoms with Crippen LogP contribution in [0.2, 0.25) is 51.9 Å². The van der Waals surface area contributed by atoms with Crippen molar-refractivity contribution in [2.24, 2.45) is 0 Å². The van der Waals surface area contributed by atoms with Crippen molar-refractivity contribution in [1.29, 1.82) is 0 Å². The molecule has 3 nitrogen and oxygen atoms in total. The van der Waals surface area contributed by atoms with Crippen molar-refractivity contribution in [3.63, 3.8) is 0 Å². The van der Waals surface area contributed by atoms with E-state index >= 15 is 0 Å². The van der Waals surface area contributed by atoms with E-state index in [1.54, 1.807) is 0 Å². The standard InChI is InChI=1S/C14H34O3Si3/c1-15-13-11-9-10-12-14-20(8,16-18(2,3)4)17-19(5,6)7/h1H,9-14H2,2-8H3. The Hall–Kier alpha value is 0.531. The van der Waals surface area contributed by atoms with Gasteiger partial charge in [-0.3, -0.25) is 0 Å². The summed E-state index contributed by atoms with van der Waals surface area (Å²) < 4.78 is 17.5. The average molecular weight is 335 g/mol. The number of unbranched alkanes of at least 4 members (excludes halogenated alkanes) is 3. The van der Waals surface area contributed by atoms with Gasteiger partial charge in [0.25, 0.3) is 0 Å². The van der Waals surface area contributed by atoms with Gasteiger partial charge in [-0.05, 0) is 58.3 Å². The van der Waals surface area contributed by atoms with E-state index in [1.807, 2.05) is 0 Å². The van der Waals surface area contributed by atoms with Crippen LogP contribution in [0, 0.1) is 7.11 Å². The molecule has 120 valence electrons. The van der Waals surface area contributed by atoms with Gasteiger partial charge in [-0.2, -0.15) is 0 Å². The van der Waals surface area contributed by atoms with Crippen molar-refractivity contribution in [2.45, 2.75) is 77.6 Å². The predicted molar refractivity (Wildman–Crippen MR) is 94.0 cm³/mol. The first-order valence-corrected chi connectivity index (χ1v) is 17.0. The van der Waals surface area contributed by atoms with Gasteiger partial charge in [0.1, 0.15) is 7.11 Å². The molecule has 0 aromatic heterocycles. The van der Waals surface area contributed by atoms with Gasteiger partial charge in [0.15, 0.2) is 16.6 Å². The van der Waals surface area contributed by atoms with Crippen LogP contribution in [0.1, 0.15) is 25.7 Å². The van der Waals surface area contributed by atoms with Crippen LogP contribution >= 0.6 is 0 Å². The van der Waals surface area contributed by atoms with Crippen LogP contribution in [0.4, 0.5) is 0 Å². The van der Waals surface area contributed by atoms with Crippen LogP contribution in [0.3, 0.4) is 0 Å². The summed E-state index contributed by atoms with van der Waals surface area (Å²) in [5.41, 5.74) is 0. The minimum absolute atomic E-state index is 0.658. The molecule has 0 unspecified atom stereocenters. The second-order valence-electron chi connectivity index (χ2n) is 7.60. The van der Waals surface area contributed by atoms with Crippen LogP contribution < -0.4 is 0 Å². The molecule has 0 aliphatic rings. The first-order valence-electron chi connectivity index (χ1n) is 7.69. The van der Waals surface area contributed by atoms with Gasteiger partial charge in [-0.15, -0.1) is 0 Å². The van der Waals surface area contributed by atoms with Crippen molar-refractivity contribution >= 4 is 25.2 Å². The number of ether oxygens (including phenoxy) is 1. The zero-order chi connectivity index (χ0) is 15.9. The van der Waals surface area contributed by atoms with Crippen LogP contribution in [0.5, 0.6) is 0 Å². The minimum atomic E-state index is -2.02. The minimum Gasteiger partial charge on any atom is -0.437 e. The topological polar surface area (TPSA) is 27.7 Å². The summed E-state index contributed by atoms with van der Waals surface area (Å²) in [5, 5.41) is 0. The first-order chi connectivity index (χ1) is 8.97. The Morgan fingerprint density at radius 1 is 0.700 bits per heavy atom. The lowest BCUT2D eigenvalue weighted by molar-refractivity contribution is 0.233. The lowest BCUT2D eigenvalue weighted by atomic mass is 10.2. The van der Waals surface area contributed by atoms with E-state index in [-0.39, 0.29) is 0 Å². The molecule has 0 fully saturated rings. The maximum atomic E-state index is 6.47. The zero-order valence-corrected chi connectivity index (χ0v) is 17.5. The molecule has 0 heterocycles. The zero-order valence-electron chi connectivity index (χ0n) is 14.5. The lowest BCUT2D eigenvalue weighted by Crippen LogP contribution is -2.52. The first kappa shape index (κ1) is 20.5. The van der Waals surface area contributed by atoms with Gasteiger partial charge in [0.05, 0.1) is 0 Å². The van der Waals surface area contributed by atoms with Crippen molar-refractivity contribution in [3.8, 4) is 0 Å². The Balaban J connectivity index is 4.32. The molecule has 0 spiro atoms. The monoisotopic (exact) mass is 334 g/mol. The van der Waals surface area contributed by atoms with Crippen molar-refractivity contribution in [1.82, 2.24) is 0 Å². The molecule has 6 heteroatoms. The molecule has 0 saturated carbocycles. The van der Waals surface area contributed by atoms with Gasteiger partial charge >= 0.3 is 8.56 Å². The molecule has 0 rings (SSSR count). The molecule has 2 radical (unpaired) electrons. The van der Waals surface area contributed by atoms with Crippen LogP contribution in [-0.2, 0) is 13.0 Å². The molecule has 0 aromatic carbocycles. The molecule has 0 amide bonds. The summed E-state index contributed by atoms with van der Waals surface area (Å²) in [6, 6.07) is 1.10. The van der Waals surface area contributed by atoms with E-state index in [0.29, 0.717) is 6.61 Å². The number of hydrogen-bond acceptors (Lipinski definition) is 3. The van der Waals surface area contributed by atoms with Gasteiger partial charge in [-0.1, -0.05) is 19.3 Å². The molecule has 0 aliphatic carbocycles. The maximum absolute atomic E-state index is 6.47. The summed E-state index contributed by atoms with van der Waals surface area (Å²) >= 11 is 0. The highest BCUT2D eigenvalue weighted by atomic mass is 28.5. The van der Waals surface area contributed by atoms with E-state index < -0.39 is 25.2 Å². The van der Waals surface area contributed by atoms with E-state index in [9.17, 15) is 0 Å². The average Bonchev–Trinajstić information content (AvgIpc) is 2.17. The van der Waals surface area contributed by atoms with Crippen LogP contribution in [0.25, 0.3) is 0 Å². The Morgan fingerprint density at radius 3 is 1.55 bits per heavy atom. The molecule has 0 atom stereocenters. The number of rotatable bonds is 11. The SMILES string of the molecule is [CH]OCCCCCC[Si](C)(O[Si](C)(C)C)O[Si](C)(C)C. The quantitative estimate of drug-likeness (QED) is 0.393. The number of hydrogen-bond donors (Lipinski definition) is 0. The summed E-state index contributed by atoms with van der Waals surface area (Å²) in [4.78, 5) is 0. The predicted octanol–water partition coefficient (Wildman–Crippen LogP) is 5.01. The van der Waals surface area contributed by atoms with Gasteiger partial charge in [0, 0.05) is 6.61 Å². The van der Waals surface area contributed by atoms with Gasteiger partial charge in [-0.25, -0.2) is 0 Å². The molecular formula is C14H34O3Si3. The van der Waals surface area contributed by atoms with Crippen LogP contribution in [-0.4, -0.2) is 31.8 Å². The maximum Gasteiger partial charge on any atom is 0.314 e. The normalized spacial score (nSPS) is 13.8. The van der Waals surface area contributed by atoms with E-state index in [4.69, 9.17) is 15.3 Å². The van der Waals surface area contributed by atoms with Crippen molar-refractivity contribution < 1.29 is 13.0 Å². The highest BCUT2D eigenvalue weighted by Crippen LogP contribution is 2.26. The molecule has 0 bridgehead atoms. The van der Waals surface area contributed by atoms with Gasteiger partial charge < -0.3 is 13.0 Å². The summed E-state index contributed by atoms with van der Waals surface area (Å²) in [5.74, 6) is 0. The van der Waals surface area contributed by atoms with Gasteiger partial charge in [0.2, 0.25) is 0 Å². The largest absolute Gasteiger partial charge is 0.437 e. The molecule has 0 N–H and O–H groups in total. The van der Waals surface area contributed by atoms with E-state index in [1.165, 1.54) is 19.3 Å². The Morgan fingerprint density at radius 2 is 1.15 bits per heavy atom. The Labute approximate surface area is 129 Å². The third-order valence-corrected chi connectivity index (χ3v) is 12.3. The molecule has 0 saturated heterocycles.